The lowest BCUT2D eigenvalue weighted by Crippen LogP contribution is -2.35. The third kappa shape index (κ3) is 4.29. The van der Waals surface area contributed by atoms with Gasteiger partial charge in [-0.05, 0) is 68.7 Å². The van der Waals surface area contributed by atoms with E-state index in [9.17, 15) is 9.59 Å². The molecule has 2 aliphatic rings. The highest BCUT2D eigenvalue weighted by atomic mass is 19.3. The Kier molecular flexibility index (Phi) is 5.83. The first-order valence-corrected chi connectivity index (χ1v) is 11.7. The number of pyridine rings is 2. The van der Waals surface area contributed by atoms with Gasteiger partial charge in [0.05, 0.1) is 23.2 Å². The highest BCUT2D eigenvalue weighted by Crippen LogP contribution is 2.51. The van der Waals surface area contributed by atoms with Crippen LogP contribution in [0.4, 0.5) is 20.2 Å². The molecular weight excluding hydrogens is 450 g/mol. The van der Waals surface area contributed by atoms with E-state index >= 15 is 8.78 Å². The average molecular weight is 477 g/mol. The Labute approximate surface area is 202 Å². The van der Waals surface area contributed by atoms with E-state index in [1.165, 1.54) is 18.5 Å². The van der Waals surface area contributed by atoms with Crippen molar-refractivity contribution >= 4 is 23.1 Å². The molecule has 1 saturated heterocycles. The first-order chi connectivity index (χ1) is 16.7. The van der Waals surface area contributed by atoms with Crippen molar-refractivity contribution in [3.05, 3.63) is 71.2 Å². The van der Waals surface area contributed by atoms with Crippen LogP contribution < -0.4 is 10.2 Å². The molecule has 1 aliphatic heterocycles. The molecule has 1 fully saturated rings. The van der Waals surface area contributed by atoms with Crippen LogP contribution in [0.5, 0.6) is 0 Å². The van der Waals surface area contributed by atoms with Crippen LogP contribution >= 0.6 is 0 Å². The lowest BCUT2D eigenvalue weighted by Gasteiger charge is -2.32. The molecule has 180 valence electrons. The number of aromatic nitrogens is 2. The topological polar surface area (TPSA) is 75.2 Å². The molecule has 1 aliphatic carbocycles. The Morgan fingerprint density at radius 1 is 1.11 bits per heavy atom. The Morgan fingerprint density at radius 2 is 1.83 bits per heavy atom. The summed E-state index contributed by atoms with van der Waals surface area (Å²) in [6, 6.07) is 10.5. The number of carbonyl (C=O) groups excluding carboxylic acids is 2. The minimum atomic E-state index is -3.20. The summed E-state index contributed by atoms with van der Waals surface area (Å²) < 4.78 is 30.2. The monoisotopic (exact) mass is 476 g/mol. The normalized spacial score (nSPS) is 16.5. The van der Waals surface area contributed by atoms with Gasteiger partial charge in [0.2, 0.25) is 5.91 Å². The Balaban J connectivity index is 1.24. The fourth-order valence-electron chi connectivity index (χ4n) is 5.04. The van der Waals surface area contributed by atoms with Crippen LogP contribution in [-0.4, -0.2) is 34.7 Å². The SMILES string of the molecule is CC(=O)C1CCN(c2ccc(NC(=O)Cc3cnc4c(c3)C(F)(F)c3c-4ccnc3C)cc2)CC1. The second kappa shape index (κ2) is 8.83. The molecule has 2 aromatic heterocycles. The molecule has 0 spiro atoms. The van der Waals surface area contributed by atoms with Crippen LogP contribution in [0.25, 0.3) is 11.3 Å². The van der Waals surface area contributed by atoms with Gasteiger partial charge in [0, 0.05) is 54.0 Å². The highest BCUT2D eigenvalue weighted by molar-refractivity contribution is 5.92. The van der Waals surface area contributed by atoms with Gasteiger partial charge in [-0.25, -0.2) is 0 Å². The predicted molar refractivity (Wildman–Crippen MR) is 130 cm³/mol. The molecule has 6 nitrogen and oxygen atoms in total. The van der Waals surface area contributed by atoms with E-state index in [4.69, 9.17) is 0 Å². The summed E-state index contributed by atoms with van der Waals surface area (Å²) >= 11 is 0. The van der Waals surface area contributed by atoms with Crippen molar-refractivity contribution in [2.75, 3.05) is 23.3 Å². The van der Waals surface area contributed by atoms with Gasteiger partial charge in [0.15, 0.2) is 0 Å². The summed E-state index contributed by atoms with van der Waals surface area (Å²) in [5.41, 5.74) is 2.69. The molecule has 1 amide bonds. The van der Waals surface area contributed by atoms with Crippen LogP contribution in [0.2, 0.25) is 0 Å². The first-order valence-electron chi connectivity index (χ1n) is 11.7. The maximum atomic E-state index is 15.1. The number of carbonyl (C=O) groups is 2. The number of nitrogens with one attached hydrogen (secondary N) is 1. The Bertz CT molecular complexity index is 1300. The van der Waals surface area contributed by atoms with Gasteiger partial charge in [-0.2, -0.15) is 8.78 Å². The van der Waals surface area contributed by atoms with E-state index in [0.717, 1.165) is 31.6 Å². The maximum Gasteiger partial charge on any atom is 0.302 e. The third-order valence-electron chi connectivity index (χ3n) is 6.94. The average Bonchev–Trinajstić information content (AvgIpc) is 3.07. The second-order valence-electron chi connectivity index (χ2n) is 9.28. The van der Waals surface area contributed by atoms with E-state index in [1.54, 1.807) is 19.9 Å². The number of halogens is 2. The summed E-state index contributed by atoms with van der Waals surface area (Å²) in [4.78, 5) is 34.7. The smallest absolute Gasteiger partial charge is 0.302 e. The number of nitrogens with zero attached hydrogens (tertiary/aromatic N) is 3. The maximum absolute atomic E-state index is 15.1. The summed E-state index contributed by atoms with van der Waals surface area (Å²) in [6.07, 6.45) is 4.62. The number of alkyl halides is 2. The first kappa shape index (κ1) is 23.1. The van der Waals surface area contributed by atoms with Gasteiger partial charge in [0.1, 0.15) is 5.78 Å². The van der Waals surface area contributed by atoms with Crippen molar-refractivity contribution in [1.82, 2.24) is 9.97 Å². The van der Waals surface area contributed by atoms with Crippen LogP contribution in [0.3, 0.4) is 0 Å². The van der Waals surface area contributed by atoms with Gasteiger partial charge in [-0.3, -0.25) is 19.6 Å². The van der Waals surface area contributed by atoms with Crippen molar-refractivity contribution in [3.63, 3.8) is 0 Å². The van der Waals surface area contributed by atoms with E-state index in [2.05, 4.69) is 20.2 Å². The number of hydrogen-bond acceptors (Lipinski definition) is 5. The van der Waals surface area contributed by atoms with Crippen LogP contribution in [0.15, 0.2) is 48.8 Å². The number of amides is 1. The van der Waals surface area contributed by atoms with Gasteiger partial charge in [0.25, 0.3) is 0 Å². The summed E-state index contributed by atoms with van der Waals surface area (Å²) in [7, 11) is 0. The molecule has 3 heterocycles. The molecule has 0 unspecified atom stereocenters. The zero-order valence-electron chi connectivity index (χ0n) is 19.6. The number of Topliss-reactive ketones (excluding diaryl/α,β-unsaturated/α-hetero) is 1. The number of hydrogen-bond donors (Lipinski definition) is 1. The van der Waals surface area contributed by atoms with Crippen LogP contribution in [0, 0.1) is 12.8 Å². The van der Waals surface area contributed by atoms with Crippen LogP contribution in [-0.2, 0) is 21.9 Å². The molecule has 0 radical (unpaired) electrons. The number of aryl methyl sites for hydroxylation is 1. The summed E-state index contributed by atoms with van der Waals surface area (Å²) in [5, 5.41) is 2.83. The second-order valence-corrected chi connectivity index (χ2v) is 9.28. The van der Waals surface area contributed by atoms with E-state index in [1.807, 2.05) is 24.3 Å². The summed E-state index contributed by atoms with van der Waals surface area (Å²) in [5.74, 6) is -3.11. The highest BCUT2D eigenvalue weighted by Gasteiger charge is 2.47. The molecule has 0 atom stereocenters. The quantitative estimate of drug-likeness (QED) is 0.567. The lowest BCUT2D eigenvalue weighted by atomic mass is 9.93. The van der Waals surface area contributed by atoms with Crippen molar-refractivity contribution in [3.8, 4) is 11.3 Å². The largest absolute Gasteiger partial charge is 0.371 e. The summed E-state index contributed by atoms with van der Waals surface area (Å²) in [6.45, 7) is 4.86. The lowest BCUT2D eigenvalue weighted by molar-refractivity contribution is -0.121. The van der Waals surface area contributed by atoms with Gasteiger partial charge >= 0.3 is 5.92 Å². The molecule has 0 saturated carbocycles. The minimum Gasteiger partial charge on any atom is -0.371 e. The zero-order valence-corrected chi connectivity index (χ0v) is 19.6. The molecule has 3 aromatic rings. The zero-order chi connectivity index (χ0) is 24.7. The number of ketones is 1. The van der Waals surface area contributed by atoms with Gasteiger partial charge in [-0.1, -0.05) is 0 Å². The Hall–Kier alpha value is -3.68. The molecule has 35 heavy (non-hydrogen) atoms. The van der Waals surface area contributed by atoms with E-state index in [0.29, 0.717) is 16.8 Å². The number of rotatable bonds is 5. The van der Waals surface area contributed by atoms with E-state index in [-0.39, 0.29) is 46.5 Å². The molecule has 5 rings (SSSR count). The molecular formula is C27H26F2N4O2. The molecule has 0 bridgehead atoms. The minimum absolute atomic E-state index is 0.0652. The number of fused-ring (bicyclic) bond motifs is 3. The Morgan fingerprint density at radius 3 is 2.51 bits per heavy atom. The molecule has 1 N–H and O–H groups in total. The fourth-order valence-corrected chi connectivity index (χ4v) is 5.04. The number of anilines is 2. The number of piperidine rings is 1. The third-order valence-corrected chi connectivity index (χ3v) is 6.94. The van der Waals surface area contributed by atoms with Crippen molar-refractivity contribution in [2.24, 2.45) is 5.92 Å². The van der Waals surface area contributed by atoms with Crippen molar-refractivity contribution in [1.29, 1.82) is 0 Å². The van der Waals surface area contributed by atoms with Crippen molar-refractivity contribution in [2.45, 2.75) is 39.0 Å². The number of benzene rings is 1. The van der Waals surface area contributed by atoms with Gasteiger partial charge < -0.3 is 10.2 Å². The molecule has 1 aromatic carbocycles. The predicted octanol–water partition coefficient (Wildman–Crippen LogP) is 4.89. The van der Waals surface area contributed by atoms with Crippen LogP contribution in [0.1, 0.15) is 42.1 Å². The molecule has 8 heteroatoms. The van der Waals surface area contributed by atoms with Gasteiger partial charge in [-0.15, -0.1) is 0 Å². The standard InChI is InChI=1S/C27H26F2N4O2/c1-16-25-22(7-10-30-16)26-23(27(25,28)29)13-18(15-31-26)14-24(35)32-20-3-5-21(6-4-20)33-11-8-19(9-12-33)17(2)34/h3-7,10,13,15,19H,8-9,11-12,14H2,1-2H3,(H,32,35). The van der Waals surface area contributed by atoms with E-state index < -0.39 is 5.92 Å². The van der Waals surface area contributed by atoms with Crippen molar-refractivity contribution < 1.29 is 18.4 Å². The fraction of sp³-hybridized carbons (Fsp3) is 0.333.